The molecule has 1 saturated heterocycles. The number of carbonyl (C=O) groups excluding carboxylic acids is 1. The lowest BCUT2D eigenvalue weighted by atomic mass is 10.0. The van der Waals surface area contributed by atoms with E-state index in [9.17, 15) is 14.3 Å². The molecule has 0 unspecified atom stereocenters. The van der Waals surface area contributed by atoms with Crippen LogP contribution < -0.4 is 5.32 Å². The molecule has 0 bridgehead atoms. The van der Waals surface area contributed by atoms with E-state index in [0.717, 1.165) is 28.1 Å². The summed E-state index contributed by atoms with van der Waals surface area (Å²) in [4.78, 5) is 16.8. The molecule has 4 aromatic rings. The van der Waals surface area contributed by atoms with Crippen molar-refractivity contribution in [1.82, 2.24) is 20.1 Å². The van der Waals surface area contributed by atoms with Crippen LogP contribution in [-0.4, -0.2) is 51.8 Å². The molecule has 5 rings (SSSR count). The lowest BCUT2D eigenvalue weighted by molar-refractivity contribution is -0.0545. The van der Waals surface area contributed by atoms with Gasteiger partial charge in [0, 0.05) is 35.8 Å². The number of amides is 1. The molecule has 0 aliphatic carbocycles. The van der Waals surface area contributed by atoms with Gasteiger partial charge in [-0.1, -0.05) is 12.1 Å². The number of phenols is 1. The summed E-state index contributed by atoms with van der Waals surface area (Å²) in [5.74, 6) is -0.664. The molecule has 1 fully saturated rings. The Balaban J connectivity index is 1.30. The van der Waals surface area contributed by atoms with E-state index in [1.807, 2.05) is 18.3 Å². The summed E-state index contributed by atoms with van der Waals surface area (Å²) in [5.41, 5.74) is 4.47. The van der Waals surface area contributed by atoms with Gasteiger partial charge in [0.1, 0.15) is 17.3 Å². The Kier molecular flexibility index (Phi) is 7.53. The van der Waals surface area contributed by atoms with E-state index in [0.29, 0.717) is 39.1 Å². The van der Waals surface area contributed by atoms with Crippen molar-refractivity contribution < 1.29 is 23.8 Å². The van der Waals surface area contributed by atoms with Gasteiger partial charge in [0.2, 0.25) is 0 Å². The van der Waals surface area contributed by atoms with Gasteiger partial charge < -0.3 is 19.9 Å². The van der Waals surface area contributed by atoms with E-state index >= 15 is 0 Å². The van der Waals surface area contributed by atoms with Crippen molar-refractivity contribution in [2.75, 3.05) is 19.8 Å². The molecular weight excluding hydrogens is 475 g/mol. The maximum atomic E-state index is 13.6. The third-order valence-electron chi connectivity index (χ3n) is 6.08. The van der Waals surface area contributed by atoms with Crippen LogP contribution in [0.25, 0.3) is 22.4 Å². The molecule has 1 amide bonds. The number of pyridine rings is 1. The van der Waals surface area contributed by atoms with Crippen molar-refractivity contribution in [2.45, 2.75) is 25.7 Å². The number of benzene rings is 2. The first-order chi connectivity index (χ1) is 18.1. The molecule has 8 nitrogen and oxygen atoms in total. The molecule has 2 aromatic carbocycles. The topological polar surface area (TPSA) is 98.5 Å². The summed E-state index contributed by atoms with van der Waals surface area (Å²) >= 11 is 0. The molecule has 1 aliphatic rings. The van der Waals surface area contributed by atoms with E-state index in [1.165, 1.54) is 18.2 Å². The van der Waals surface area contributed by atoms with Crippen molar-refractivity contribution in [2.24, 2.45) is 0 Å². The Morgan fingerprint density at radius 1 is 1.08 bits per heavy atom. The van der Waals surface area contributed by atoms with Crippen molar-refractivity contribution in [3.63, 3.8) is 0 Å². The van der Waals surface area contributed by atoms with Crippen LogP contribution >= 0.6 is 0 Å². The van der Waals surface area contributed by atoms with Gasteiger partial charge in [-0.05, 0) is 66.9 Å². The lowest BCUT2D eigenvalue weighted by Crippen LogP contribution is -2.24. The molecule has 0 radical (unpaired) electrons. The van der Waals surface area contributed by atoms with Gasteiger partial charge in [0.25, 0.3) is 5.91 Å². The Morgan fingerprint density at radius 2 is 1.86 bits per heavy atom. The van der Waals surface area contributed by atoms with Crippen molar-refractivity contribution in [1.29, 1.82) is 0 Å². The van der Waals surface area contributed by atoms with Crippen LogP contribution in [0.15, 0.2) is 73.1 Å². The molecule has 0 spiro atoms. The second-order valence-corrected chi connectivity index (χ2v) is 8.70. The number of aromatic nitrogens is 3. The molecule has 3 heterocycles. The van der Waals surface area contributed by atoms with Crippen LogP contribution in [0.2, 0.25) is 0 Å². The normalized spacial score (nSPS) is 13.6. The number of halogens is 1. The monoisotopic (exact) mass is 502 g/mol. The number of aryl methyl sites for hydroxylation is 1. The minimum Gasteiger partial charge on any atom is -0.507 e. The number of carbonyl (C=O) groups is 1. The summed E-state index contributed by atoms with van der Waals surface area (Å²) in [5, 5.41) is 17.4. The maximum Gasteiger partial charge on any atom is 0.255 e. The number of hydrogen-bond acceptors (Lipinski definition) is 6. The molecule has 1 aliphatic heterocycles. The van der Waals surface area contributed by atoms with Crippen LogP contribution in [0, 0.1) is 5.82 Å². The fourth-order valence-electron chi connectivity index (χ4n) is 4.23. The Labute approximate surface area is 213 Å². The molecule has 0 saturated carbocycles. The second kappa shape index (κ2) is 11.3. The largest absolute Gasteiger partial charge is 0.507 e. The molecule has 37 heavy (non-hydrogen) atoms. The highest BCUT2D eigenvalue weighted by Gasteiger charge is 2.20. The highest BCUT2D eigenvalue weighted by molar-refractivity contribution is 5.96. The summed E-state index contributed by atoms with van der Waals surface area (Å²) in [7, 11) is 0. The van der Waals surface area contributed by atoms with Gasteiger partial charge in [-0.15, -0.1) is 0 Å². The molecule has 9 heteroatoms. The fourth-order valence-corrected chi connectivity index (χ4v) is 4.23. The van der Waals surface area contributed by atoms with Crippen LogP contribution in [-0.2, 0) is 22.4 Å². The quantitative estimate of drug-likeness (QED) is 0.333. The zero-order chi connectivity index (χ0) is 25.6. The van der Waals surface area contributed by atoms with Crippen molar-refractivity contribution in [3.05, 3.63) is 90.1 Å². The first-order valence-electron chi connectivity index (χ1n) is 12.1. The van der Waals surface area contributed by atoms with E-state index in [-0.39, 0.29) is 29.3 Å². The first kappa shape index (κ1) is 24.6. The number of aromatic hydroxyl groups is 1. The lowest BCUT2D eigenvalue weighted by Gasteiger charge is -2.08. The standard InChI is InChI=1S/C28H27FN4O4/c29-21-9-7-19(8-10-21)27-24(17-33(32-27)18-26-36-14-15-37-26)20-11-13-30-22(16-20)4-3-12-31-28(35)23-5-1-2-6-25(23)34/h1-2,5-11,13,16-17,26,34H,3-4,12,14-15,18H2,(H,31,35). The third kappa shape index (κ3) is 6.02. The van der Waals surface area contributed by atoms with Gasteiger partial charge in [-0.25, -0.2) is 4.39 Å². The maximum absolute atomic E-state index is 13.6. The van der Waals surface area contributed by atoms with Gasteiger partial charge >= 0.3 is 0 Å². The second-order valence-electron chi connectivity index (χ2n) is 8.70. The van der Waals surface area contributed by atoms with Gasteiger partial charge in [-0.2, -0.15) is 5.10 Å². The van der Waals surface area contributed by atoms with E-state index in [1.54, 1.807) is 41.2 Å². The number of nitrogens with one attached hydrogen (secondary N) is 1. The van der Waals surface area contributed by atoms with Crippen molar-refractivity contribution in [3.8, 4) is 28.1 Å². The average Bonchev–Trinajstić information content (AvgIpc) is 3.58. The minimum atomic E-state index is -0.352. The summed E-state index contributed by atoms with van der Waals surface area (Å²) in [6, 6.07) is 16.6. The van der Waals surface area contributed by atoms with Crippen molar-refractivity contribution >= 4 is 5.91 Å². The number of para-hydroxylation sites is 1. The summed E-state index contributed by atoms with van der Waals surface area (Å²) in [6.07, 6.45) is 4.67. The third-order valence-corrected chi connectivity index (χ3v) is 6.08. The van der Waals surface area contributed by atoms with Gasteiger partial charge in [-0.3, -0.25) is 14.5 Å². The first-order valence-corrected chi connectivity index (χ1v) is 12.1. The van der Waals surface area contributed by atoms with Gasteiger partial charge in [0.15, 0.2) is 6.29 Å². The molecule has 0 atom stereocenters. The van der Waals surface area contributed by atoms with Gasteiger partial charge in [0.05, 0.1) is 25.3 Å². The number of rotatable bonds is 9. The smallest absolute Gasteiger partial charge is 0.255 e. The van der Waals surface area contributed by atoms with Crippen LogP contribution in [0.3, 0.4) is 0 Å². The number of nitrogens with zero attached hydrogens (tertiary/aromatic N) is 3. The highest BCUT2D eigenvalue weighted by atomic mass is 19.1. The Hall–Kier alpha value is -4.08. The zero-order valence-electron chi connectivity index (χ0n) is 20.1. The SMILES string of the molecule is O=C(NCCCc1cc(-c2cn(CC3OCCO3)nc2-c2ccc(F)cc2)ccn1)c1ccccc1O. The zero-order valence-corrected chi connectivity index (χ0v) is 20.1. The summed E-state index contributed by atoms with van der Waals surface area (Å²) < 4.78 is 26.5. The number of ether oxygens (including phenoxy) is 2. The molecular formula is C28H27FN4O4. The Morgan fingerprint density at radius 3 is 2.65 bits per heavy atom. The molecule has 2 N–H and O–H groups in total. The Bertz CT molecular complexity index is 1370. The molecule has 2 aromatic heterocycles. The van der Waals surface area contributed by atoms with Crippen LogP contribution in [0.4, 0.5) is 4.39 Å². The van der Waals surface area contributed by atoms with E-state index in [4.69, 9.17) is 14.6 Å². The van der Waals surface area contributed by atoms with Crippen LogP contribution in [0.1, 0.15) is 22.5 Å². The van der Waals surface area contributed by atoms with E-state index in [2.05, 4.69) is 10.3 Å². The molecule has 190 valence electrons. The minimum absolute atomic E-state index is 0.0436. The highest BCUT2D eigenvalue weighted by Crippen LogP contribution is 2.32. The summed E-state index contributed by atoms with van der Waals surface area (Å²) in [6.45, 7) is 2.01. The average molecular weight is 503 g/mol. The predicted octanol–water partition coefficient (Wildman–Crippen LogP) is 4.19. The number of phenolic OH excluding ortho intramolecular Hbond substituents is 1. The fraction of sp³-hybridized carbons (Fsp3) is 0.250. The predicted molar refractivity (Wildman–Crippen MR) is 135 cm³/mol. The van der Waals surface area contributed by atoms with Crippen LogP contribution in [0.5, 0.6) is 5.75 Å². The van der Waals surface area contributed by atoms with E-state index < -0.39 is 0 Å². The number of hydrogen-bond donors (Lipinski definition) is 2.